The Labute approximate surface area is 150 Å². The molecule has 1 fully saturated rings. The number of halogens is 1. The van der Waals surface area contributed by atoms with Crippen LogP contribution in [0.1, 0.15) is 34.3 Å². The van der Waals surface area contributed by atoms with Crippen LogP contribution in [-0.2, 0) is 22.7 Å². The van der Waals surface area contributed by atoms with Crippen LogP contribution in [0.5, 0.6) is 0 Å². The first kappa shape index (κ1) is 17.2. The van der Waals surface area contributed by atoms with Gasteiger partial charge in [-0.25, -0.2) is 0 Å². The van der Waals surface area contributed by atoms with Crippen molar-refractivity contribution in [3.05, 3.63) is 70.2 Å². The van der Waals surface area contributed by atoms with Gasteiger partial charge in [0.1, 0.15) is 0 Å². The zero-order chi connectivity index (χ0) is 17.8. The second-order valence-electron chi connectivity index (χ2n) is 5.88. The Morgan fingerprint density at radius 3 is 2.08 bits per heavy atom. The first-order valence-corrected chi connectivity index (χ1v) is 8.35. The third-order valence-corrected chi connectivity index (χ3v) is 4.33. The number of hydrogen-bond donors (Lipinski definition) is 1. The molecule has 0 radical (unpaired) electrons. The Morgan fingerprint density at radius 1 is 0.920 bits per heavy atom. The molecule has 25 heavy (non-hydrogen) atoms. The fraction of sp³-hybridized carbons (Fsp3) is 0.211. The number of rotatable bonds is 5. The van der Waals surface area contributed by atoms with Crippen molar-refractivity contribution in [3.8, 4) is 0 Å². The van der Waals surface area contributed by atoms with Crippen LogP contribution in [0.25, 0.3) is 0 Å². The number of nitrogens with one attached hydrogen (secondary N) is 1. The molecule has 0 atom stereocenters. The monoisotopic (exact) mass is 356 g/mol. The van der Waals surface area contributed by atoms with Gasteiger partial charge in [0.2, 0.25) is 11.8 Å². The zero-order valence-electron chi connectivity index (χ0n) is 13.5. The lowest BCUT2D eigenvalue weighted by Crippen LogP contribution is -2.28. The van der Waals surface area contributed by atoms with Gasteiger partial charge in [0, 0.05) is 30.0 Å². The molecule has 2 aromatic carbocycles. The Kier molecular flexibility index (Phi) is 5.14. The van der Waals surface area contributed by atoms with E-state index in [2.05, 4.69) is 5.32 Å². The molecule has 6 heteroatoms. The maximum Gasteiger partial charge on any atom is 0.251 e. The summed E-state index contributed by atoms with van der Waals surface area (Å²) < 4.78 is 0. The highest BCUT2D eigenvalue weighted by atomic mass is 35.5. The van der Waals surface area contributed by atoms with Gasteiger partial charge in [0.25, 0.3) is 5.91 Å². The third kappa shape index (κ3) is 4.25. The van der Waals surface area contributed by atoms with E-state index in [0.717, 1.165) is 11.1 Å². The summed E-state index contributed by atoms with van der Waals surface area (Å²) in [6, 6.07) is 14.2. The number of nitrogens with zero attached hydrogens (tertiary/aromatic N) is 1. The van der Waals surface area contributed by atoms with E-state index in [-0.39, 0.29) is 37.1 Å². The Balaban J connectivity index is 1.57. The van der Waals surface area contributed by atoms with Crippen LogP contribution in [0.3, 0.4) is 0 Å². The lowest BCUT2D eigenvalue weighted by molar-refractivity contribution is -0.139. The van der Waals surface area contributed by atoms with E-state index in [1.807, 2.05) is 12.1 Å². The number of imide groups is 1. The predicted molar refractivity (Wildman–Crippen MR) is 93.9 cm³/mol. The Bertz CT molecular complexity index is 784. The third-order valence-electron chi connectivity index (χ3n) is 4.08. The molecule has 0 spiro atoms. The van der Waals surface area contributed by atoms with Gasteiger partial charge < -0.3 is 5.32 Å². The van der Waals surface area contributed by atoms with Crippen molar-refractivity contribution >= 4 is 29.3 Å². The number of amides is 3. The molecule has 2 aromatic rings. The molecular formula is C19H17ClN2O3. The maximum atomic E-state index is 12.2. The van der Waals surface area contributed by atoms with Crippen molar-refractivity contribution in [1.82, 2.24) is 10.2 Å². The first-order chi connectivity index (χ1) is 12.0. The van der Waals surface area contributed by atoms with Crippen LogP contribution in [0.15, 0.2) is 48.5 Å². The molecule has 5 nitrogen and oxygen atoms in total. The molecule has 1 aliphatic rings. The molecule has 1 saturated heterocycles. The first-order valence-electron chi connectivity index (χ1n) is 7.98. The van der Waals surface area contributed by atoms with Crippen LogP contribution in [0.4, 0.5) is 0 Å². The molecule has 0 bridgehead atoms. The van der Waals surface area contributed by atoms with Crippen LogP contribution in [0.2, 0.25) is 5.02 Å². The standard InChI is InChI=1S/C19H17ClN2O3/c20-16-7-3-13(4-8-16)11-21-19(25)15-5-1-14(2-6-15)12-22-17(23)9-10-18(22)24/h1-8H,9-12H2,(H,21,25). The van der Waals surface area contributed by atoms with Crippen molar-refractivity contribution in [1.29, 1.82) is 0 Å². The fourth-order valence-electron chi connectivity index (χ4n) is 2.63. The molecule has 0 aromatic heterocycles. The molecule has 0 aliphatic carbocycles. The molecule has 1 heterocycles. The van der Waals surface area contributed by atoms with Gasteiger partial charge in [-0.2, -0.15) is 0 Å². The summed E-state index contributed by atoms with van der Waals surface area (Å²) in [6.07, 6.45) is 0.564. The lowest BCUT2D eigenvalue weighted by Gasteiger charge is -2.14. The second-order valence-corrected chi connectivity index (χ2v) is 6.32. The van der Waals surface area contributed by atoms with Gasteiger partial charge in [-0.3, -0.25) is 19.3 Å². The highest BCUT2D eigenvalue weighted by Gasteiger charge is 2.28. The number of likely N-dealkylation sites (tertiary alicyclic amines) is 1. The summed E-state index contributed by atoms with van der Waals surface area (Å²) in [7, 11) is 0. The molecular weight excluding hydrogens is 340 g/mol. The minimum Gasteiger partial charge on any atom is -0.348 e. The summed E-state index contributed by atoms with van der Waals surface area (Å²) in [5, 5.41) is 3.49. The molecule has 3 rings (SSSR count). The van der Waals surface area contributed by atoms with Gasteiger partial charge in [-0.05, 0) is 35.4 Å². The summed E-state index contributed by atoms with van der Waals surface area (Å²) >= 11 is 5.83. The van der Waals surface area contributed by atoms with Crippen molar-refractivity contribution in [2.45, 2.75) is 25.9 Å². The summed E-state index contributed by atoms with van der Waals surface area (Å²) in [6.45, 7) is 0.666. The van der Waals surface area contributed by atoms with Crippen molar-refractivity contribution in [2.24, 2.45) is 0 Å². The molecule has 0 unspecified atom stereocenters. The number of carbonyl (C=O) groups is 3. The summed E-state index contributed by atoms with van der Waals surface area (Å²) in [5.74, 6) is -0.473. The summed E-state index contributed by atoms with van der Waals surface area (Å²) in [5.41, 5.74) is 2.30. The molecule has 3 amide bonds. The predicted octanol–water partition coefficient (Wildman–Crippen LogP) is 2.92. The number of hydrogen-bond acceptors (Lipinski definition) is 3. The van der Waals surface area contributed by atoms with Crippen molar-refractivity contribution in [2.75, 3.05) is 0 Å². The van der Waals surface area contributed by atoms with E-state index in [9.17, 15) is 14.4 Å². The molecule has 1 aliphatic heterocycles. The van der Waals surface area contributed by atoms with Crippen molar-refractivity contribution in [3.63, 3.8) is 0 Å². The fourth-order valence-corrected chi connectivity index (χ4v) is 2.76. The van der Waals surface area contributed by atoms with Gasteiger partial charge >= 0.3 is 0 Å². The average Bonchev–Trinajstić information content (AvgIpc) is 2.93. The Hall–Kier alpha value is -2.66. The van der Waals surface area contributed by atoms with E-state index in [4.69, 9.17) is 11.6 Å². The lowest BCUT2D eigenvalue weighted by atomic mass is 10.1. The van der Waals surface area contributed by atoms with Crippen LogP contribution in [-0.4, -0.2) is 22.6 Å². The minimum absolute atomic E-state index is 0.144. The van der Waals surface area contributed by atoms with Crippen molar-refractivity contribution < 1.29 is 14.4 Å². The van der Waals surface area contributed by atoms with E-state index in [1.54, 1.807) is 36.4 Å². The molecule has 0 saturated carbocycles. The maximum absolute atomic E-state index is 12.2. The SMILES string of the molecule is O=C(NCc1ccc(Cl)cc1)c1ccc(CN2C(=O)CCC2=O)cc1. The highest BCUT2D eigenvalue weighted by Crippen LogP contribution is 2.16. The van der Waals surface area contributed by atoms with Crippen LogP contribution in [0, 0.1) is 0 Å². The minimum atomic E-state index is -0.185. The van der Waals surface area contributed by atoms with Crippen LogP contribution >= 0.6 is 11.6 Å². The van der Waals surface area contributed by atoms with E-state index in [0.29, 0.717) is 17.1 Å². The molecule has 128 valence electrons. The Morgan fingerprint density at radius 2 is 1.48 bits per heavy atom. The number of benzene rings is 2. The van der Waals surface area contributed by atoms with E-state index in [1.165, 1.54) is 4.90 Å². The van der Waals surface area contributed by atoms with E-state index >= 15 is 0 Å². The topological polar surface area (TPSA) is 66.5 Å². The zero-order valence-corrected chi connectivity index (χ0v) is 14.3. The van der Waals surface area contributed by atoms with Crippen LogP contribution < -0.4 is 5.32 Å². The smallest absolute Gasteiger partial charge is 0.251 e. The van der Waals surface area contributed by atoms with Gasteiger partial charge in [0.05, 0.1) is 6.54 Å². The quantitative estimate of drug-likeness (QED) is 0.838. The van der Waals surface area contributed by atoms with Gasteiger partial charge in [-0.1, -0.05) is 35.9 Å². The highest BCUT2D eigenvalue weighted by molar-refractivity contribution is 6.30. The largest absolute Gasteiger partial charge is 0.348 e. The second kappa shape index (κ2) is 7.49. The van der Waals surface area contributed by atoms with E-state index < -0.39 is 0 Å². The average molecular weight is 357 g/mol. The normalized spacial score (nSPS) is 14.0. The molecule has 1 N–H and O–H groups in total. The van der Waals surface area contributed by atoms with Gasteiger partial charge in [0.15, 0.2) is 0 Å². The number of carbonyl (C=O) groups excluding carboxylic acids is 3. The van der Waals surface area contributed by atoms with Gasteiger partial charge in [-0.15, -0.1) is 0 Å². The summed E-state index contributed by atoms with van der Waals surface area (Å²) in [4.78, 5) is 36.7.